The Labute approximate surface area is 92.6 Å². The number of benzene rings is 1. The third-order valence-electron chi connectivity index (χ3n) is 2.18. The lowest BCUT2D eigenvalue weighted by molar-refractivity contribution is 0.0516. The summed E-state index contributed by atoms with van der Waals surface area (Å²) < 4.78 is 5.02. The molecule has 0 aliphatic heterocycles. The van der Waals surface area contributed by atoms with Crippen LogP contribution in [0.1, 0.15) is 16.8 Å². The van der Waals surface area contributed by atoms with Gasteiger partial charge in [-0.3, -0.25) is 5.10 Å². The van der Waals surface area contributed by atoms with Crippen molar-refractivity contribution in [3.8, 4) is 12.3 Å². The Morgan fingerprint density at radius 2 is 2.44 bits per heavy atom. The highest BCUT2D eigenvalue weighted by Gasteiger charge is 2.11. The van der Waals surface area contributed by atoms with Crippen LogP contribution >= 0.6 is 0 Å². The van der Waals surface area contributed by atoms with E-state index in [4.69, 9.17) is 11.2 Å². The average molecular weight is 214 g/mol. The monoisotopic (exact) mass is 214 g/mol. The summed E-state index contributed by atoms with van der Waals surface area (Å²) in [5, 5.41) is 7.43. The fraction of sp³-hybridized carbons (Fsp3) is 0.167. The van der Waals surface area contributed by atoms with Gasteiger partial charge in [0.05, 0.1) is 17.3 Å². The number of hydrogen-bond donors (Lipinski definition) is 1. The van der Waals surface area contributed by atoms with Crippen molar-refractivity contribution in [2.45, 2.75) is 6.42 Å². The van der Waals surface area contributed by atoms with Gasteiger partial charge in [0.15, 0.2) is 0 Å². The minimum absolute atomic E-state index is 0.240. The summed E-state index contributed by atoms with van der Waals surface area (Å²) in [6, 6.07) is 5.33. The fourth-order valence-electron chi connectivity index (χ4n) is 1.43. The highest BCUT2D eigenvalue weighted by molar-refractivity contribution is 6.03. The van der Waals surface area contributed by atoms with Gasteiger partial charge < -0.3 is 4.74 Å². The first-order valence-electron chi connectivity index (χ1n) is 4.85. The number of rotatable bonds is 3. The van der Waals surface area contributed by atoms with Crippen molar-refractivity contribution < 1.29 is 9.53 Å². The molecule has 1 heterocycles. The van der Waals surface area contributed by atoms with Crippen molar-refractivity contribution in [3.63, 3.8) is 0 Å². The zero-order valence-electron chi connectivity index (χ0n) is 8.56. The number of ether oxygens (including phenoxy) is 1. The zero-order chi connectivity index (χ0) is 11.4. The van der Waals surface area contributed by atoms with Crippen LogP contribution in [0.5, 0.6) is 0 Å². The molecule has 0 bridgehead atoms. The second-order valence-electron chi connectivity index (χ2n) is 3.23. The minimum Gasteiger partial charge on any atom is -0.461 e. The van der Waals surface area contributed by atoms with Crippen LogP contribution in [0.2, 0.25) is 0 Å². The van der Waals surface area contributed by atoms with E-state index in [1.807, 2.05) is 6.07 Å². The van der Waals surface area contributed by atoms with E-state index in [-0.39, 0.29) is 12.6 Å². The largest absolute Gasteiger partial charge is 0.461 e. The third-order valence-corrected chi connectivity index (χ3v) is 2.18. The molecule has 0 unspecified atom stereocenters. The van der Waals surface area contributed by atoms with Crippen molar-refractivity contribution in [2.75, 3.05) is 6.61 Å². The molecule has 0 aliphatic carbocycles. The summed E-state index contributed by atoms with van der Waals surface area (Å²) in [7, 11) is 0. The van der Waals surface area contributed by atoms with E-state index in [1.54, 1.807) is 18.3 Å². The van der Waals surface area contributed by atoms with E-state index in [2.05, 4.69) is 16.1 Å². The molecule has 80 valence electrons. The van der Waals surface area contributed by atoms with Crippen LogP contribution in [-0.4, -0.2) is 22.8 Å². The fourth-order valence-corrected chi connectivity index (χ4v) is 1.43. The molecule has 0 amide bonds. The van der Waals surface area contributed by atoms with Gasteiger partial charge in [0, 0.05) is 11.8 Å². The maximum atomic E-state index is 11.7. The number of carbonyl (C=O) groups is 1. The number of terminal acetylenes is 1. The van der Waals surface area contributed by atoms with Crippen LogP contribution in [0.4, 0.5) is 0 Å². The number of hydrogen-bond acceptors (Lipinski definition) is 3. The maximum Gasteiger partial charge on any atom is 0.338 e. The van der Waals surface area contributed by atoms with E-state index in [1.165, 1.54) is 0 Å². The van der Waals surface area contributed by atoms with Crippen molar-refractivity contribution in [3.05, 3.63) is 30.0 Å². The highest BCUT2D eigenvalue weighted by atomic mass is 16.5. The quantitative estimate of drug-likeness (QED) is 0.481. The SMILES string of the molecule is C#CCCOC(=O)c1cccc2[nH]ncc12. The first-order valence-corrected chi connectivity index (χ1v) is 4.85. The molecule has 1 aromatic carbocycles. The summed E-state index contributed by atoms with van der Waals surface area (Å²) in [6.45, 7) is 0.240. The van der Waals surface area contributed by atoms with Crippen molar-refractivity contribution in [2.24, 2.45) is 0 Å². The van der Waals surface area contributed by atoms with Gasteiger partial charge in [0.25, 0.3) is 0 Å². The molecule has 0 aliphatic rings. The molecule has 0 fully saturated rings. The molecule has 4 heteroatoms. The van der Waals surface area contributed by atoms with Crippen LogP contribution in [0.15, 0.2) is 24.4 Å². The predicted molar refractivity (Wildman–Crippen MR) is 59.8 cm³/mol. The molecule has 2 aromatic rings. The normalized spacial score (nSPS) is 9.94. The van der Waals surface area contributed by atoms with E-state index in [0.717, 1.165) is 10.9 Å². The number of H-pyrrole nitrogens is 1. The summed E-state index contributed by atoms with van der Waals surface area (Å²) in [5.74, 6) is 2.04. The van der Waals surface area contributed by atoms with Crippen molar-refractivity contribution >= 4 is 16.9 Å². The molecule has 0 atom stereocenters. The number of aromatic nitrogens is 2. The van der Waals surface area contributed by atoms with Crippen molar-refractivity contribution in [1.82, 2.24) is 10.2 Å². The first kappa shape index (κ1) is 10.2. The topological polar surface area (TPSA) is 55.0 Å². The number of fused-ring (bicyclic) bond motifs is 1. The van der Waals surface area contributed by atoms with Gasteiger partial charge in [0.1, 0.15) is 6.61 Å². The van der Waals surface area contributed by atoms with Crippen LogP contribution < -0.4 is 0 Å². The van der Waals surface area contributed by atoms with E-state index < -0.39 is 0 Å². The standard InChI is InChI=1S/C12H10N2O2/c1-2-3-7-16-12(15)9-5-4-6-11-10(9)8-13-14-11/h1,4-6,8H,3,7H2,(H,13,14). The number of aromatic amines is 1. The van der Waals surface area contributed by atoms with Gasteiger partial charge in [0.2, 0.25) is 0 Å². The Kier molecular flexibility index (Phi) is 2.88. The minimum atomic E-state index is -0.373. The summed E-state index contributed by atoms with van der Waals surface area (Å²) in [6.07, 6.45) is 7.10. The summed E-state index contributed by atoms with van der Waals surface area (Å²) in [4.78, 5) is 11.7. The molecule has 0 saturated heterocycles. The van der Waals surface area contributed by atoms with E-state index in [0.29, 0.717) is 12.0 Å². The Morgan fingerprint density at radius 1 is 1.56 bits per heavy atom. The zero-order valence-corrected chi connectivity index (χ0v) is 8.56. The van der Waals surface area contributed by atoms with Gasteiger partial charge in [-0.1, -0.05) is 6.07 Å². The van der Waals surface area contributed by atoms with Gasteiger partial charge in [-0.15, -0.1) is 12.3 Å². The molecule has 16 heavy (non-hydrogen) atoms. The molecule has 2 rings (SSSR count). The average Bonchev–Trinajstić information content (AvgIpc) is 2.76. The number of carbonyl (C=O) groups excluding carboxylic acids is 1. The van der Waals surface area contributed by atoms with Gasteiger partial charge in [-0.25, -0.2) is 4.79 Å². The molecule has 4 nitrogen and oxygen atoms in total. The molecular formula is C12H10N2O2. The number of nitrogens with one attached hydrogen (secondary N) is 1. The smallest absolute Gasteiger partial charge is 0.338 e. The van der Waals surface area contributed by atoms with E-state index in [9.17, 15) is 4.79 Å². The van der Waals surface area contributed by atoms with Crippen LogP contribution in [-0.2, 0) is 4.74 Å². The Hall–Kier alpha value is -2.28. The maximum absolute atomic E-state index is 11.7. The first-order chi connectivity index (χ1) is 7.83. The number of esters is 1. The van der Waals surface area contributed by atoms with E-state index >= 15 is 0 Å². The van der Waals surface area contributed by atoms with Crippen molar-refractivity contribution in [1.29, 1.82) is 0 Å². The van der Waals surface area contributed by atoms with Gasteiger partial charge >= 0.3 is 5.97 Å². The third kappa shape index (κ3) is 1.89. The summed E-state index contributed by atoms with van der Waals surface area (Å²) in [5.41, 5.74) is 1.31. The highest BCUT2D eigenvalue weighted by Crippen LogP contribution is 2.16. The van der Waals surface area contributed by atoms with Gasteiger partial charge in [-0.2, -0.15) is 5.10 Å². The second kappa shape index (κ2) is 4.49. The Balaban J connectivity index is 2.23. The van der Waals surface area contributed by atoms with Crippen LogP contribution in [0, 0.1) is 12.3 Å². The molecule has 1 N–H and O–H groups in total. The molecule has 1 aromatic heterocycles. The molecular weight excluding hydrogens is 204 g/mol. The Bertz CT molecular complexity index is 551. The summed E-state index contributed by atoms with van der Waals surface area (Å²) >= 11 is 0. The lowest BCUT2D eigenvalue weighted by Crippen LogP contribution is -2.06. The van der Waals surface area contributed by atoms with Gasteiger partial charge in [-0.05, 0) is 12.1 Å². The van der Waals surface area contributed by atoms with Crippen LogP contribution in [0.25, 0.3) is 10.9 Å². The molecule has 0 saturated carbocycles. The second-order valence-corrected chi connectivity index (χ2v) is 3.23. The Morgan fingerprint density at radius 3 is 3.25 bits per heavy atom. The predicted octanol–water partition coefficient (Wildman–Crippen LogP) is 1.74. The lowest BCUT2D eigenvalue weighted by atomic mass is 10.1. The number of nitrogens with zero attached hydrogens (tertiary/aromatic N) is 1. The lowest BCUT2D eigenvalue weighted by Gasteiger charge is -2.03. The molecule has 0 spiro atoms. The molecule has 0 radical (unpaired) electrons. The van der Waals surface area contributed by atoms with Crippen LogP contribution in [0.3, 0.4) is 0 Å².